The van der Waals surface area contributed by atoms with Gasteiger partial charge in [0.05, 0.1) is 12.7 Å². The van der Waals surface area contributed by atoms with Crippen molar-refractivity contribution in [2.75, 3.05) is 19.7 Å². The number of nitrogens with zero attached hydrogens (tertiary/aromatic N) is 1. The second kappa shape index (κ2) is 4.75. The minimum atomic E-state index is 0.378. The average molecular weight is 232 g/mol. The Morgan fingerprint density at radius 1 is 1.35 bits per heavy atom. The first-order valence-corrected chi connectivity index (χ1v) is 6.59. The minimum absolute atomic E-state index is 0.378. The molecule has 17 heavy (non-hydrogen) atoms. The van der Waals surface area contributed by atoms with Crippen molar-refractivity contribution >= 4 is 0 Å². The van der Waals surface area contributed by atoms with Crippen LogP contribution in [-0.4, -0.2) is 30.8 Å². The monoisotopic (exact) mass is 232 g/mol. The molecule has 1 spiro atoms. The lowest BCUT2D eigenvalue weighted by Gasteiger charge is -2.32. The van der Waals surface area contributed by atoms with Crippen molar-refractivity contribution < 1.29 is 4.74 Å². The minimum Gasteiger partial charge on any atom is -0.377 e. The molecule has 2 saturated heterocycles. The lowest BCUT2D eigenvalue weighted by molar-refractivity contribution is 0.0863. The Balaban J connectivity index is 1.60. The van der Waals surface area contributed by atoms with E-state index in [1.54, 1.807) is 0 Å². The van der Waals surface area contributed by atoms with Gasteiger partial charge in [0.25, 0.3) is 0 Å². The van der Waals surface area contributed by atoms with Crippen molar-refractivity contribution in [3.05, 3.63) is 30.1 Å². The molecule has 1 atom stereocenters. The second-order valence-corrected chi connectivity index (χ2v) is 5.41. The van der Waals surface area contributed by atoms with Crippen molar-refractivity contribution in [1.29, 1.82) is 0 Å². The van der Waals surface area contributed by atoms with Crippen molar-refractivity contribution in [3.63, 3.8) is 0 Å². The van der Waals surface area contributed by atoms with Gasteiger partial charge >= 0.3 is 0 Å². The molecular weight excluding hydrogens is 212 g/mol. The van der Waals surface area contributed by atoms with E-state index < -0.39 is 0 Å². The van der Waals surface area contributed by atoms with E-state index >= 15 is 0 Å². The average Bonchev–Trinajstić information content (AvgIpc) is 2.74. The van der Waals surface area contributed by atoms with Gasteiger partial charge in [0.1, 0.15) is 0 Å². The number of ether oxygens (including phenoxy) is 1. The number of rotatable bonds is 2. The molecule has 3 rings (SSSR count). The first-order valence-electron chi connectivity index (χ1n) is 6.59. The normalized spacial score (nSPS) is 27.4. The van der Waals surface area contributed by atoms with Crippen molar-refractivity contribution in [1.82, 2.24) is 10.3 Å². The summed E-state index contributed by atoms with van der Waals surface area (Å²) in [5.41, 5.74) is 1.62. The van der Waals surface area contributed by atoms with Crippen LogP contribution in [0.25, 0.3) is 0 Å². The van der Waals surface area contributed by atoms with Gasteiger partial charge in [0.15, 0.2) is 0 Å². The molecule has 92 valence electrons. The van der Waals surface area contributed by atoms with Gasteiger partial charge in [-0.3, -0.25) is 4.98 Å². The zero-order valence-corrected chi connectivity index (χ0v) is 10.2. The molecule has 3 heterocycles. The molecule has 0 amide bonds. The van der Waals surface area contributed by atoms with Crippen LogP contribution in [0.1, 0.15) is 25.0 Å². The Hall–Kier alpha value is -0.930. The fourth-order valence-corrected chi connectivity index (χ4v) is 3.08. The highest BCUT2D eigenvalue weighted by atomic mass is 16.5. The lowest BCUT2D eigenvalue weighted by atomic mass is 9.77. The highest BCUT2D eigenvalue weighted by Crippen LogP contribution is 2.40. The molecule has 2 aliphatic heterocycles. The van der Waals surface area contributed by atoms with E-state index in [0.29, 0.717) is 11.5 Å². The van der Waals surface area contributed by atoms with Crippen LogP contribution in [-0.2, 0) is 11.2 Å². The van der Waals surface area contributed by atoms with Gasteiger partial charge in [0, 0.05) is 18.3 Å². The van der Waals surface area contributed by atoms with E-state index in [-0.39, 0.29) is 0 Å². The van der Waals surface area contributed by atoms with Crippen LogP contribution < -0.4 is 5.32 Å². The molecule has 1 N–H and O–H groups in total. The maximum absolute atomic E-state index is 5.98. The summed E-state index contributed by atoms with van der Waals surface area (Å²) in [5.74, 6) is 0. The number of piperidine rings is 1. The predicted octanol–water partition coefficient (Wildman–Crippen LogP) is 1.78. The molecule has 2 fully saturated rings. The highest BCUT2D eigenvalue weighted by molar-refractivity contribution is 5.06. The van der Waals surface area contributed by atoms with Gasteiger partial charge in [-0.1, -0.05) is 6.07 Å². The molecule has 1 aromatic heterocycles. The molecule has 0 aromatic carbocycles. The second-order valence-electron chi connectivity index (χ2n) is 5.41. The third-order valence-electron chi connectivity index (χ3n) is 4.11. The number of hydrogen-bond acceptors (Lipinski definition) is 3. The SMILES string of the molecule is c1ccc(CC2CC3(CCNCC3)CO2)nc1. The summed E-state index contributed by atoms with van der Waals surface area (Å²) in [6, 6.07) is 6.11. The molecular formula is C14H20N2O. The van der Waals surface area contributed by atoms with Gasteiger partial charge in [-0.2, -0.15) is 0 Å². The molecule has 1 unspecified atom stereocenters. The van der Waals surface area contributed by atoms with Crippen molar-refractivity contribution in [2.24, 2.45) is 5.41 Å². The Kier molecular flexibility index (Phi) is 3.12. The van der Waals surface area contributed by atoms with E-state index in [0.717, 1.165) is 31.8 Å². The molecule has 3 heteroatoms. The van der Waals surface area contributed by atoms with E-state index in [4.69, 9.17) is 4.74 Å². The molecule has 2 aliphatic rings. The van der Waals surface area contributed by atoms with Crippen LogP contribution in [0.2, 0.25) is 0 Å². The summed E-state index contributed by atoms with van der Waals surface area (Å²) in [5, 5.41) is 3.43. The third-order valence-corrected chi connectivity index (χ3v) is 4.11. The van der Waals surface area contributed by atoms with Crippen LogP contribution in [0.5, 0.6) is 0 Å². The molecule has 1 aromatic rings. The fraction of sp³-hybridized carbons (Fsp3) is 0.643. The summed E-state index contributed by atoms with van der Waals surface area (Å²) in [7, 11) is 0. The Morgan fingerprint density at radius 2 is 2.24 bits per heavy atom. The van der Waals surface area contributed by atoms with Crippen LogP contribution in [0.4, 0.5) is 0 Å². The fourth-order valence-electron chi connectivity index (χ4n) is 3.08. The van der Waals surface area contributed by atoms with Gasteiger partial charge in [-0.05, 0) is 49.9 Å². The van der Waals surface area contributed by atoms with E-state index in [1.807, 2.05) is 12.3 Å². The topological polar surface area (TPSA) is 34.1 Å². The van der Waals surface area contributed by atoms with Crippen molar-refractivity contribution in [3.8, 4) is 0 Å². The standard InChI is InChI=1S/C14H20N2O/c1-2-6-16-12(3-1)9-13-10-14(11-17-13)4-7-15-8-5-14/h1-3,6,13,15H,4-5,7-11H2. The zero-order chi connectivity index (χ0) is 11.6. The van der Waals surface area contributed by atoms with E-state index in [9.17, 15) is 0 Å². The summed E-state index contributed by atoms with van der Waals surface area (Å²) in [6.07, 6.45) is 6.96. The van der Waals surface area contributed by atoms with Crippen LogP contribution in [0.3, 0.4) is 0 Å². The maximum atomic E-state index is 5.98. The maximum Gasteiger partial charge on any atom is 0.0636 e. The Bertz CT molecular complexity index is 360. The van der Waals surface area contributed by atoms with Gasteiger partial charge < -0.3 is 10.1 Å². The van der Waals surface area contributed by atoms with Gasteiger partial charge in [0.2, 0.25) is 0 Å². The van der Waals surface area contributed by atoms with E-state index in [2.05, 4.69) is 22.4 Å². The number of nitrogens with one attached hydrogen (secondary N) is 1. The third kappa shape index (κ3) is 2.50. The van der Waals surface area contributed by atoms with Gasteiger partial charge in [-0.15, -0.1) is 0 Å². The van der Waals surface area contributed by atoms with E-state index in [1.165, 1.54) is 19.3 Å². The van der Waals surface area contributed by atoms with Crippen LogP contribution in [0.15, 0.2) is 24.4 Å². The highest BCUT2D eigenvalue weighted by Gasteiger charge is 2.40. The molecule has 0 bridgehead atoms. The lowest BCUT2D eigenvalue weighted by Crippen LogP contribution is -2.37. The Morgan fingerprint density at radius 3 is 3.00 bits per heavy atom. The zero-order valence-electron chi connectivity index (χ0n) is 10.2. The molecule has 0 saturated carbocycles. The van der Waals surface area contributed by atoms with Gasteiger partial charge in [-0.25, -0.2) is 0 Å². The summed E-state index contributed by atoms with van der Waals surface area (Å²) < 4.78 is 5.98. The predicted molar refractivity (Wildman–Crippen MR) is 66.8 cm³/mol. The van der Waals surface area contributed by atoms with Crippen molar-refractivity contribution in [2.45, 2.75) is 31.8 Å². The molecule has 3 nitrogen and oxygen atoms in total. The summed E-state index contributed by atoms with van der Waals surface area (Å²) in [4.78, 5) is 4.38. The quantitative estimate of drug-likeness (QED) is 0.844. The summed E-state index contributed by atoms with van der Waals surface area (Å²) >= 11 is 0. The first-order chi connectivity index (χ1) is 8.36. The molecule has 0 radical (unpaired) electrons. The summed E-state index contributed by atoms with van der Waals surface area (Å²) in [6.45, 7) is 3.26. The first kappa shape index (κ1) is 11.2. The van der Waals surface area contributed by atoms with Crippen LogP contribution in [0, 0.1) is 5.41 Å². The number of aromatic nitrogens is 1. The smallest absolute Gasteiger partial charge is 0.0636 e. The molecule has 0 aliphatic carbocycles. The van der Waals surface area contributed by atoms with Crippen LogP contribution >= 0.6 is 0 Å². The Labute approximate surface area is 103 Å². The largest absolute Gasteiger partial charge is 0.377 e. The number of pyridine rings is 1. The number of hydrogen-bond donors (Lipinski definition) is 1.